The molecule has 1 aliphatic rings. The van der Waals surface area contributed by atoms with Crippen LogP contribution < -0.4 is 5.32 Å². The normalized spacial score (nSPS) is 19.8. The quantitative estimate of drug-likeness (QED) is 0.0195. The molecule has 8 atom stereocenters. The van der Waals surface area contributed by atoms with Gasteiger partial charge in [0.2, 0.25) is 5.91 Å². The fraction of sp³-hybridized carbons (Fsp3) is 0.806. The third-order valence-electron chi connectivity index (χ3n) is 13.9. The molecule has 6 N–H and O–H groups in total. The van der Waals surface area contributed by atoms with Crippen LogP contribution in [0.15, 0.2) is 60.8 Å². The minimum Gasteiger partial charge on any atom is -0.454 e. The first-order chi connectivity index (χ1) is 35.7. The first-order valence-corrected chi connectivity index (χ1v) is 30.1. The highest BCUT2D eigenvalue weighted by Gasteiger charge is 2.47. The Morgan fingerprint density at radius 3 is 1.49 bits per heavy atom. The van der Waals surface area contributed by atoms with Crippen molar-refractivity contribution in [3.63, 3.8) is 0 Å². The molecule has 1 saturated heterocycles. The third-order valence-corrected chi connectivity index (χ3v) is 13.9. The summed E-state index contributed by atoms with van der Waals surface area (Å²) >= 11 is 0. The van der Waals surface area contributed by atoms with Crippen LogP contribution in [0.1, 0.15) is 258 Å². The van der Waals surface area contributed by atoms with E-state index in [4.69, 9.17) is 14.2 Å². The molecule has 0 spiro atoms. The van der Waals surface area contributed by atoms with Gasteiger partial charge >= 0.3 is 5.97 Å². The zero-order chi connectivity index (χ0) is 53.3. The number of aliphatic hydroxyl groups is 5. The van der Waals surface area contributed by atoms with Gasteiger partial charge in [-0.25, -0.2) is 0 Å². The standard InChI is InChI=1S/C62H111NO10/c1-4-7-10-13-16-19-22-24-25-26-27-28-29-30-32-35-37-40-43-46-49-55(66)61(70)63-53(54(65)48-45-42-39-36-34-31-23-20-17-14-11-8-5-2)52-71-62-60(59(69)58(68)56(51-64)72-62)73-57(67)50-47-44-41-38-33-21-18-15-12-9-6-3/h15-16,18-19,24-25,27-28,45,48,53-56,58-60,62,64-66,68-69H,4-14,17,20-23,26,29-44,46-47,49-52H2,1-3H3,(H,63,70)/b18-15-,19-16-,25-24-,28-27-,48-45+. The average molecular weight is 1030 g/mol. The molecule has 11 heteroatoms. The van der Waals surface area contributed by atoms with Crippen molar-refractivity contribution in [2.45, 2.75) is 307 Å². The van der Waals surface area contributed by atoms with E-state index in [1.54, 1.807) is 6.08 Å². The second-order valence-electron chi connectivity index (χ2n) is 20.7. The monoisotopic (exact) mass is 1030 g/mol. The number of esters is 1. The molecule has 1 rings (SSSR count). The van der Waals surface area contributed by atoms with E-state index in [-0.39, 0.29) is 19.4 Å². The van der Waals surface area contributed by atoms with Crippen LogP contribution in [0.5, 0.6) is 0 Å². The molecule has 1 heterocycles. The topological polar surface area (TPSA) is 175 Å². The van der Waals surface area contributed by atoms with Crippen molar-refractivity contribution in [1.82, 2.24) is 5.32 Å². The molecule has 424 valence electrons. The molecule has 1 fully saturated rings. The maximum absolute atomic E-state index is 13.4. The summed E-state index contributed by atoms with van der Waals surface area (Å²) in [5.41, 5.74) is 0. The van der Waals surface area contributed by atoms with Crippen LogP contribution >= 0.6 is 0 Å². The van der Waals surface area contributed by atoms with E-state index in [2.05, 4.69) is 74.7 Å². The molecule has 1 amide bonds. The lowest BCUT2D eigenvalue weighted by atomic mass is 9.99. The second-order valence-corrected chi connectivity index (χ2v) is 20.7. The molecule has 0 aromatic rings. The molecule has 0 aromatic carbocycles. The summed E-state index contributed by atoms with van der Waals surface area (Å²) in [4.78, 5) is 26.5. The van der Waals surface area contributed by atoms with Crippen LogP contribution in [0, 0.1) is 0 Å². The Labute approximate surface area is 446 Å². The number of unbranched alkanes of at least 4 members (excludes halogenated alkanes) is 28. The van der Waals surface area contributed by atoms with E-state index in [0.717, 1.165) is 103 Å². The molecular weight excluding hydrogens is 919 g/mol. The van der Waals surface area contributed by atoms with Gasteiger partial charge in [0.05, 0.1) is 25.4 Å². The van der Waals surface area contributed by atoms with Crippen molar-refractivity contribution in [1.29, 1.82) is 0 Å². The van der Waals surface area contributed by atoms with Crippen LogP contribution in [-0.4, -0.2) is 99.6 Å². The smallest absolute Gasteiger partial charge is 0.306 e. The van der Waals surface area contributed by atoms with Crippen LogP contribution in [0.2, 0.25) is 0 Å². The first-order valence-electron chi connectivity index (χ1n) is 30.1. The minimum atomic E-state index is -1.62. The van der Waals surface area contributed by atoms with E-state index in [9.17, 15) is 35.1 Å². The molecule has 0 saturated carbocycles. The number of carbonyl (C=O) groups excluding carboxylic acids is 2. The van der Waals surface area contributed by atoms with Gasteiger partial charge in [0.1, 0.15) is 24.4 Å². The molecule has 1 aliphatic heterocycles. The van der Waals surface area contributed by atoms with Crippen molar-refractivity contribution in [3.05, 3.63) is 60.8 Å². The highest BCUT2D eigenvalue weighted by Crippen LogP contribution is 2.26. The number of hydrogen-bond donors (Lipinski definition) is 6. The summed E-state index contributed by atoms with van der Waals surface area (Å²) in [6, 6.07) is -1.03. The van der Waals surface area contributed by atoms with Gasteiger partial charge in [-0.1, -0.05) is 229 Å². The van der Waals surface area contributed by atoms with Crippen LogP contribution in [-0.2, 0) is 23.8 Å². The molecular formula is C62H111NO10. The van der Waals surface area contributed by atoms with Crippen LogP contribution in [0.4, 0.5) is 0 Å². The Hall–Kier alpha value is -2.64. The first kappa shape index (κ1) is 68.4. The van der Waals surface area contributed by atoms with E-state index >= 15 is 0 Å². The molecule has 73 heavy (non-hydrogen) atoms. The molecule has 8 unspecified atom stereocenters. The van der Waals surface area contributed by atoms with Crippen molar-refractivity contribution in [2.24, 2.45) is 0 Å². The van der Waals surface area contributed by atoms with E-state index in [1.165, 1.54) is 109 Å². The maximum atomic E-state index is 13.4. The van der Waals surface area contributed by atoms with Gasteiger partial charge in [-0.3, -0.25) is 9.59 Å². The molecule has 0 radical (unpaired) electrons. The Kier molecular flexibility index (Phi) is 47.0. The van der Waals surface area contributed by atoms with Crippen LogP contribution in [0.3, 0.4) is 0 Å². The minimum absolute atomic E-state index is 0.111. The fourth-order valence-corrected chi connectivity index (χ4v) is 9.05. The zero-order valence-electron chi connectivity index (χ0n) is 46.7. The summed E-state index contributed by atoms with van der Waals surface area (Å²) in [6.45, 7) is 5.71. The Morgan fingerprint density at radius 1 is 0.534 bits per heavy atom. The molecule has 0 aliphatic carbocycles. The number of hydrogen-bond acceptors (Lipinski definition) is 10. The third kappa shape index (κ3) is 38.5. The highest BCUT2D eigenvalue weighted by atomic mass is 16.7. The van der Waals surface area contributed by atoms with Gasteiger partial charge < -0.3 is 45.1 Å². The fourth-order valence-electron chi connectivity index (χ4n) is 9.05. The summed E-state index contributed by atoms with van der Waals surface area (Å²) in [5, 5.41) is 56.9. The SMILES string of the molecule is CCCC/C=C\CCCCCCCC(=O)OC1C(OCC(NC(=O)C(O)CCCCCCCCC/C=C\C/C=C\C/C=C\CCCCC)C(O)/C=C/CCCCCCCCCCCCC)OC(CO)C(O)C1O. The summed E-state index contributed by atoms with van der Waals surface area (Å²) in [7, 11) is 0. The Bertz CT molecular complexity index is 1420. The van der Waals surface area contributed by atoms with Gasteiger partial charge in [0, 0.05) is 6.42 Å². The zero-order valence-corrected chi connectivity index (χ0v) is 46.7. The molecule has 0 aromatic heterocycles. The number of amides is 1. The van der Waals surface area contributed by atoms with Gasteiger partial charge in [-0.2, -0.15) is 0 Å². The lowest BCUT2D eigenvalue weighted by Gasteiger charge is -2.41. The predicted molar refractivity (Wildman–Crippen MR) is 301 cm³/mol. The lowest BCUT2D eigenvalue weighted by Crippen LogP contribution is -2.61. The van der Waals surface area contributed by atoms with E-state index in [1.807, 2.05) is 6.08 Å². The number of carbonyl (C=O) groups is 2. The van der Waals surface area contributed by atoms with Crippen molar-refractivity contribution in [3.8, 4) is 0 Å². The predicted octanol–water partition coefficient (Wildman–Crippen LogP) is 13.8. The van der Waals surface area contributed by atoms with Gasteiger partial charge in [0.15, 0.2) is 12.4 Å². The highest BCUT2D eigenvalue weighted by molar-refractivity contribution is 5.80. The van der Waals surface area contributed by atoms with E-state index in [0.29, 0.717) is 12.8 Å². The van der Waals surface area contributed by atoms with E-state index < -0.39 is 67.4 Å². The number of ether oxygens (including phenoxy) is 3. The van der Waals surface area contributed by atoms with Gasteiger partial charge in [-0.15, -0.1) is 0 Å². The maximum Gasteiger partial charge on any atom is 0.306 e. The lowest BCUT2D eigenvalue weighted by molar-refractivity contribution is -0.305. The number of rotatable bonds is 50. The van der Waals surface area contributed by atoms with Crippen molar-refractivity contribution < 1.29 is 49.3 Å². The Balaban J connectivity index is 2.70. The largest absolute Gasteiger partial charge is 0.454 e. The summed E-state index contributed by atoms with van der Waals surface area (Å²) < 4.78 is 17.6. The number of allylic oxidation sites excluding steroid dienone is 9. The average Bonchev–Trinajstić information content (AvgIpc) is 3.39. The summed E-state index contributed by atoms with van der Waals surface area (Å²) in [5.74, 6) is -1.21. The Morgan fingerprint density at radius 2 is 0.959 bits per heavy atom. The van der Waals surface area contributed by atoms with Crippen molar-refractivity contribution in [2.75, 3.05) is 13.2 Å². The summed E-state index contributed by atoms with van der Waals surface area (Å²) in [6.07, 6.45) is 51.2. The molecule has 11 nitrogen and oxygen atoms in total. The molecule has 0 bridgehead atoms. The number of nitrogens with one attached hydrogen (secondary N) is 1. The van der Waals surface area contributed by atoms with Crippen molar-refractivity contribution >= 4 is 11.9 Å². The van der Waals surface area contributed by atoms with Crippen LogP contribution in [0.25, 0.3) is 0 Å². The number of aliphatic hydroxyl groups excluding tert-OH is 5. The van der Waals surface area contributed by atoms with Gasteiger partial charge in [-0.05, 0) is 83.5 Å². The van der Waals surface area contributed by atoms with Gasteiger partial charge in [0.25, 0.3) is 0 Å². The second kappa shape index (κ2) is 50.2.